The summed E-state index contributed by atoms with van der Waals surface area (Å²) >= 11 is 0. The summed E-state index contributed by atoms with van der Waals surface area (Å²) in [5, 5.41) is 3.16. The Kier molecular flexibility index (Phi) is 9.15. The van der Waals surface area contributed by atoms with Crippen LogP contribution in [0.5, 0.6) is 5.75 Å². The van der Waals surface area contributed by atoms with Crippen molar-refractivity contribution in [1.82, 2.24) is 20.1 Å². The molecule has 0 unspecified atom stereocenters. The number of benzene rings is 1. The van der Waals surface area contributed by atoms with Crippen LogP contribution >= 0.6 is 0 Å². The van der Waals surface area contributed by atoms with Gasteiger partial charge in [-0.05, 0) is 56.6 Å². The number of nitrogens with one attached hydrogen (secondary N) is 1. The van der Waals surface area contributed by atoms with Crippen LogP contribution in [-0.4, -0.2) is 78.4 Å². The number of amides is 2. The lowest BCUT2D eigenvalue weighted by Crippen LogP contribution is -2.40. The average molecular weight is 477 g/mol. The van der Waals surface area contributed by atoms with E-state index in [4.69, 9.17) is 4.74 Å². The van der Waals surface area contributed by atoms with Gasteiger partial charge in [-0.25, -0.2) is 8.78 Å². The summed E-state index contributed by atoms with van der Waals surface area (Å²) in [5.74, 6) is -3.20. The van der Waals surface area contributed by atoms with Crippen molar-refractivity contribution in [3.63, 3.8) is 0 Å². The summed E-state index contributed by atoms with van der Waals surface area (Å²) in [6.07, 6.45) is 4.32. The van der Waals surface area contributed by atoms with Gasteiger partial charge in [-0.2, -0.15) is 0 Å². The molecule has 1 aromatic carbocycles. The largest absolute Gasteiger partial charge is 0.494 e. The first-order valence-corrected chi connectivity index (χ1v) is 12.0. The standard InChI is InChI=1S/C25H34F2N4O3/c1-3-11-30(12-4-2)13-5-15-34-19-6-7-22-21(16-19)20(8-10-28-22)24(33)29-17-23(32)31-14-9-25(26,27)18-31/h6-8,10,16H,3-5,9,11-15,17-18H2,1-2H3,(H,29,33). The van der Waals surface area contributed by atoms with Gasteiger partial charge in [0, 0.05) is 31.1 Å². The molecule has 9 heteroatoms. The molecular formula is C25H34F2N4O3. The number of carbonyl (C=O) groups excluding carboxylic acids is 2. The summed E-state index contributed by atoms with van der Waals surface area (Å²) in [6.45, 7) is 7.11. The van der Waals surface area contributed by atoms with Crippen molar-refractivity contribution in [3.8, 4) is 5.75 Å². The lowest BCUT2D eigenvalue weighted by Gasteiger charge is -2.20. The number of alkyl halides is 2. The Morgan fingerprint density at radius 3 is 2.62 bits per heavy atom. The van der Waals surface area contributed by atoms with E-state index in [0.29, 0.717) is 28.8 Å². The van der Waals surface area contributed by atoms with Crippen molar-refractivity contribution >= 4 is 22.7 Å². The highest BCUT2D eigenvalue weighted by Crippen LogP contribution is 2.27. The quantitative estimate of drug-likeness (QED) is 0.473. The minimum atomic E-state index is -2.86. The molecular weight excluding hydrogens is 442 g/mol. The first kappa shape index (κ1) is 25.8. The molecule has 1 aromatic heterocycles. The first-order chi connectivity index (χ1) is 16.3. The van der Waals surface area contributed by atoms with Crippen LogP contribution in [0.1, 0.15) is 49.9 Å². The fraction of sp³-hybridized carbons (Fsp3) is 0.560. The highest BCUT2D eigenvalue weighted by Gasteiger charge is 2.40. The van der Waals surface area contributed by atoms with Crippen LogP contribution in [0, 0.1) is 0 Å². The number of hydrogen-bond donors (Lipinski definition) is 1. The number of pyridine rings is 1. The number of rotatable bonds is 12. The summed E-state index contributed by atoms with van der Waals surface area (Å²) in [7, 11) is 0. The second-order valence-electron chi connectivity index (χ2n) is 8.69. The normalized spacial score (nSPS) is 15.1. The zero-order chi connectivity index (χ0) is 24.6. The molecule has 0 radical (unpaired) electrons. The van der Waals surface area contributed by atoms with Crippen LogP contribution in [0.15, 0.2) is 30.5 Å². The molecule has 1 N–H and O–H groups in total. The van der Waals surface area contributed by atoms with E-state index in [1.54, 1.807) is 18.2 Å². The fourth-order valence-electron chi connectivity index (χ4n) is 4.17. The molecule has 2 heterocycles. The van der Waals surface area contributed by atoms with Gasteiger partial charge in [0.2, 0.25) is 5.91 Å². The Morgan fingerprint density at radius 1 is 1.18 bits per heavy atom. The number of likely N-dealkylation sites (tertiary alicyclic amines) is 1. The molecule has 7 nitrogen and oxygen atoms in total. The van der Waals surface area contributed by atoms with E-state index in [1.165, 1.54) is 6.20 Å². The van der Waals surface area contributed by atoms with E-state index in [0.717, 1.165) is 43.8 Å². The molecule has 1 saturated heterocycles. The Morgan fingerprint density at radius 2 is 1.94 bits per heavy atom. The number of halogens is 2. The van der Waals surface area contributed by atoms with Gasteiger partial charge in [-0.1, -0.05) is 13.8 Å². The molecule has 3 rings (SSSR count). The van der Waals surface area contributed by atoms with E-state index in [2.05, 4.69) is 29.0 Å². The molecule has 2 aromatic rings. The summed E-state index contributed by atoms with van der Waals surface area (Å²) < 4.78 is 32.6. The van der Waals surface area contributed by atoms with Crippen LogP contribution in [0.3, 0.4) is 0 Å². The Hall–Kier alpha value is -2.81. The molecule has 1 aliphatic rings. The van der Waals surface area contributed by atoms with Gasteiger partial charge in [0.1, 0.15) is 5.75 Å². The highest BCUT2D eigenvalue weighted by atomic mass is 19.3. The van der Waals surface area contributed by atoms with Gasteiger partial charge in [-0.15, -0.1) is 0 Å². The SMILES string of the molecule is CCCN(CCC)CCCOc1ccc2nccc(C(=O)NCC(=O)N3CCC(F)(F)C3)c2c1. The highest BCUT2D eigenvalue weighted by molar-refractivity contribution is 6.07. The summed E-state index contributed by atoms with van der Waals surface area (Å²) in [5.41, 5.74) is 0.981. The molecule has 1 fully saturated rings. The van der Waals surface area contributed by atoms with Gasteiger partial charge in [0.25, 0.3) is 11.8 Å². The van der Waals surface area contributed by atoms with Crippen LogP contribution in [0.25, 0.3) is 10.9 Å². The fourth-order valence-corrected chi connectivity index (χ4v) is 4.17. The minimum Gasteiger partial charge on any atom is -0.494 e. The lowest BCUT2D eigenvalue weighted by molar-refractivity contribution is -0.130. The Bertz CT molecular complexity index is 980. The third-order valence-corrected chi connectivity index (χ3v) is 5.85. The van der Waals surface area contributed by atoms with Gasteiger partial charge in [0.15, 0.2) is 0 Å². The third kappa shape index (κ3) is 7.09. The van der Waals surface area contributed by atoms with Gasteiger partial charge in [-0.3, -0.25) is 14.6 Å². The van der Waals surface area contributed by atoms with Crippen molar-refractivity contribution < 1.29 is 23.1 Å². The summed E-state index contributed by atoms with van der Waals surface area (Å²) in [4.78, 5) is 32.8. The van der Waals surface area contributed by atoms with Crippen LogP contribution in [0.2, 0.25) is 0 Å². The number of nitrogens with zero attached hydrogens (tertiary/aromatic N) is 3. The van der Waals surface area contributed by atoms with Crippen molar-refractivity contribution in [2.24, 2.45) is 0 Å². The molecule has 34 heavy (non-hydrogen) atoms. The predicted molar refractivity (Wildman–Crippen MR) is 127 cm³/mol. The van der Waals surface area contributed by atoms with Crippen LogP contribution in [0.4, 0.5) is 8.78 Å². The van der Waals surface area contributed by atoms with E-state index in [-0.39, 0.29) is 19.5 Å². The molecule has 0 atom stereocenters. The van der Waals surface area contributed by atoms with Crippen LogP contribution in [-0.2, 0) is 4.79 Å². The topological polar surface area (TPSA) is 74.8 Å². The Labute approximate surface area is 199 Å². The van der Waals surface area contributed by atoms with Crippen molar-refractivity contribution in [2.45, 2.75) is 45.5 Å². The van der Waals surface area contributed by atoms with Gasteiger partial charge < -0.3 is 19.9 Å². The zero-order valence-corrected chi connectivity index (χ0v) is 20.0. The van der Waals surface area contributed by atoms with E-state index < -0.39 is 24.3 Å². The maximum absolute atomic E-state index is 13.3. The van der Waals surface area contributed by atoms with Gasteiger partial charge >= 0.3 is 0 Å². The second-order valence-corrected chi connectivity index (χ2v) is 8.69. The maximum atomic E-state index is 13.3. The molecule has 0 bridgehead atoms. The number of fused-ring (bicyclic) bond motifs is 1. The van der Waals surface area contributed by atoms with E-state index in [1.807, 2.05) is 6.07 Å². The van der Waals surface area contributed by atoms with Crippen molar-refractivity contribution in [1.29, 1.82) is 0 Å². The smallest absolute Gasteiger partial charge is 0.267 e. The number of carbonyl (C=O) groups is 2. The average Bonchev–Trinajstić information content (AvgIpc) is 3.19. The maximum Gasteiger partial charge on any atom is 0.267 e. The first-order valence-electron chi connectivity index (χ1n) is 12.0. The van der Waals surface area contributed by atoms with E-state index in [9.17, 15) is 18.4 Å². The monoisotopic (exact) mass is 476 g/mol. The Balaban J connectivity index is 1.58. The third-order valence-electron chi connectivity index (χ3n) is 5.85. The van der Waals surface area contributed by atoms with E-state index >= 15 is 0 Å². The molecule has 1 aliphatic heterocycles. The summed E-state index contributed by atoms with van der Waals surface area (Å²) in [6, 6.07) is 6.96. The molecule has 186 valence electrons. The van der Waals surface area contributed by atoms with Crippen molar-refractivity contribution in [2.75, 3.05) is 45.9 Å². The molecule has 0 saturated carbocycles. The number of ether oxygens (including phenoxy) is 1. The zero-order valence-electron chi connectivity index (χ0n) is 20.0. The number of hydrogen-bond acceptors (Lipinski definition) is 5. The number of aromatic nitrogens is 1. The molecule has 0 aliphatic carbocycles. The second kappa shape index (κ2) is 12.1. The molecule has 0 spiro atoms. The van der Waals surface area contributed by atoms with Crippen LogP contribution < -0.4 is 10.1 Å². The van der Waals surface area contributed by atoms with Gasteiger partial charge in [0.05, 0.1) is 30.8 Å². The van der Waals surface area contributed by atoms with Crippen molar-refractivity contribution in [3.05, 3.63) is 36.0 Å². The lowest BCUT2D eigenvalue weighted by atomic mass is 10.1. The molecule has 2 amide bonds. The minimum absolute atomic E-state index is 0.00472. The predicted octanol–water partition coefficient (Wildman–Crippen LogP) is 3.72.